The largest absolute Gasteiger partial charge is 0.481 e. The van der Waals surface area contributed by atoms with E-state index in [1.54, 1.807) is 19.4 Å². The summed E-state index contributed by atoms with van der Waals surface area (Å²) < 4.78 is 10.7. The number of piperazine rings is 1. The molecule has 7 heteroatoms. The molecule has 0 bridgehead atoms. The lowest BCUT2D eigenvalue weighted by atomic mass is 10.1. The Hall–Kier alpha value is -1.89. The average Bonchev–Trinajstić information content (AvgIpc) is 2.62. The van der Waals surface area contributed by atoms with Gasteiger partial charge in [-0.15, -0.1) is 0 Å². The topological polar surface area (TPSA) is 67.8 Å². The molecule has 22 heavy (non-hydrogen) atoms. The van der Waals surface area contributed by atoms with Crippen molar-refractivity contribution in [2.45, 2.75) is 25.4 Å². The molecule has 120 valence electrons. The van der Waals surface area contributed by atoms with Gasteiger partial charge in [-0.05, 0) is 19.3 Å². The average molecular weight is 306 g/mol. The fourth-order valence-electron chi connectivity index (χ4n) is 2.86. The van der Waals surface area contributed by atoms with E-state index in [9.17, 15) is 4.79 Å². The van der Waals surface area contributed by atoms with Gasteiger partial charge < -0.3 is 19.3 Å². The number of carbonyl (C=O) groups excluding carboxylic acids is 1. The second kappa shape index (κ2) is 6.91. The summed E-state index contributed by atoms with van der Waals surface area (Å²) >= 11 is 0. The van der Waals surface area contributed by atoms with Crippen LogP contribution in [0.2, 0.25) is 0 Å². The van der Waals surface area contributed by atoms with Crippen LogP contribution in [0.25, 0.3) is 0 Å². The molecule has 0 N–H and O–H groups in total. The number of anilines is 1. The molecule has 1 atom stereocenters. The van der Waals surface area contributed by atoms with E-state index in [-0.39, 0.29) is 12.0 Å². The molecule has 0 saturated carbocycles. The Morgan fingerprint density at radius 3 is 2.82 bits per heavy atom. The van der Waals surface area contributed by atoms with Gasteiger partial charge in [-0.1, -0.05) is 0 Å². The van der Waals surface area contributed by atoms with Crippen LogP contribution >= 0.6 is 0 Å². The van der Waals surface area contributed by atoms with E-state index >= 15 is 0 Å². The smallest absolute Gasteiger partial charge is 0.251 e. The number of hydrogen-bond acceptors (Lipinski definition) is 6. The van der Waals surface area contributed by atoms with Crippen molar-refractivity contribution in [2.24, 2.45) is 0 Å². The molecule has 0 spiro atoms. The molecule has 3 rings (SSSR count). The zero-order chi connectivity index (χ0) is 15.4. The molecule has 1 unspecified atom stereocenters. The zero-order valence-electron chi connectivity index (χ0n) is 12.9. The van der Waals surface area contributed by atoms with Gasteiger partial charge in [0, 0.05) is 45.0 Å². The van der Waals surface area contributed by atoms with Gasteiger partial charge in [0.25, 0.3) is 5.91 Å². The summed E-state index contributed by atoms with van der Waals surface area (Å²) in [6.45, 7) is 3.52. The van der Waals surface area contributed by atoms with Crippen molar-refractivity contribution in [3.8, 4) is 5.88 Å². The van der Waals surface area contributed by atoms with E-state index in [2.05, 4.69) is 14.9 Å². The SMILES string of the molecule is COc1ccnc(N2CCN(C(=O)C3CCCCO3)CC2)n1. The Labute approximate surface area is 130 Å². The van der Waals surface area contributed by atoms with Gasteiger partial charge in [0.15, 0.2) is 0 Å². The first-order valence-electron chi connectivity index (χ1n) is 7.80. The lowest BCUT2D eigenvalue weighted by Crippen LogP contribution is -2.52. The number of nitrogens with zero attached hydrogens (tertiary/aromatic N) is 4. The van der Waals surface area contributed by atoms with Crippen LogP contribution in [0.1, 0.15) is 19.3 Å². The number of aromatic nitrogens is 2. The first-order chi connectivity index (χ1) is 10.8. The van der Waals surface area contributed by atoms with Crippen molar-refractivity contribution in [3.05, 3.63) is 12.3 Å². The van der Waals surface area contributed by atoms with Crippen LogP contribution in [0.5, 0.6) is 5.88 Å². The summed E-state index contributed by atoms with van der Waals surface area (Å²) in [5.41, 5.74) is 0. The third-order valence-electron chi connectivity index (χ3n) is 4.16. The van der Waals surface area contributed by atoms with Crippen LogP contribution in [0, 0.1) is 0 Å². The molecule has 2 aliphatic rings. The molecule has 1 aromatic rings. The Morgan fingerprint density at radius 2 is 2.14 bits per heavy atom. The summed E-state index contributed by atoms with van der Waals surface area (Å²) in [6.07, 6.45) is 4.43. The summed E-state index contributed by atoms with van der Waals surface area (Å²) in [5, 5.41) is 0. The first kappa shape index (κ1) is 15.0. The van der Waals surface area contributed by atoms with Crippen molar-refractivity contribution < 1.29 is 14.3 Å². The van der Waals surface area contributed by atoms with Crippen LogP contribution in [-0.2, 0) is 9.53 Å². The highest BCUT2D eigenvalue weighted by Gasteiger charge is 2.29. The Kier molecular flexibility index (Phi) is 4.72. The van der Waals surface area contributed by atoms with Crippen molar-refractivity contribution in [3.63, 3.8) is 0 Å². The van der Waals surface area contributed by atoms with Crippen LogP contribution in [0.3, 0.4) is 0 Å². The molecule has 1 aromatic heterocycles. The second-order valence-electron chi connectivity index (χ2n) is 5.57. The fourth-order valence-corrected chi connectivity index (χ4v) is 2.86. The standard InChI is InChI=1S/C15H22N4O3/c1-21-13-5-6-16-15(17-13)19-9-7-18(8-10-19)14(20)12-4-2-3-11-22-12/h5-6,12H,2-4,7-11H2,1H3. The van der Waals surface area contributed by atoms with Crippen LogP contribution in [0.4, 0.5) is 5.95 Å². The van der Waals surface area contributed by atoms with Gasteiger partial charge >= 0.3 is 0 Å². The lowest BCUT2D eigenvalue weighted by Gasteiger charge is -2.37. The maximum atomic E-state index is 12.4. The molecule has 3 heterocycles. The van der Waals surface area contributed by atoms with E-state index in [1.807, 2.05) is 4.90 Å². The summed E-state index contributed by atoms with van der Waals surface area (Å²) in [5.74, 6) is 1.34. The van der Waals surface area contributed by atoms with Gasteiger partial charge in [0.05, 0.1) is 7.11 Å². The number of carbonyl (C=O) groups is 1. The molecular formula is C15H22N4O3. The zero-order valence-corrected chi connectivity index (χ0v) is 12.9. The normalized spacial score (nSPS) is 22.5. The molecule has 0 radical (unpaired) electrons. The van der Waals surface area contributed by atoms with E-state index < -0.39 is 0 Å². The van der Waals surface area contributed by atoms with Crippen LogP contribution < -0.4 is 9.64 Å². The lowest BCUT2D eigenvalue weighted by molar-refractivity contribution is -0.146. The quantitative estimate of drug-likeness (QED) is 0.819. The van der Waals surface area contributed by atoms with Crippen molar-refractivity contribution >= 4 is 11.9 Å². The maximum Gasteiger partial charge on any atom is 0.251 e. The molecule has 2 saturated heterocycles. The first-order valence-corrected chi connectivity index (χ1v) is 7.80. The van der Waals surface area contributed by atoms with E-state index in [4.69, 9.17) is 9.47 Å². The minimum absolute atomic E-state index is 0.130. The third-order valence-corrected chi connectivity index (χ3v) is 4.16. The number of ether oxygens (including phenoxy) is 2. The van der Waals surface area contributed by atoms with Gasteiger partial charge in [-0.3, -0.25) is 4.79 Å². The fraction of sp³-hybridized carbons (Fsp3) is 0.667. The second-order valence-corrected chi connectivity index (χ2v) is 5.57. The minimum atomic E-state index is -0.242. The Balaban J connectivity index is 1.56. The summed E-state index contributed by atoms with van der Waals surface area (Å²) in [4.78, 5) is 25.0. The highest BCUT2D eigenvalue weighted by atomic mass is 16.5. The monoisotopic (exact) mass is 306 g/mol. The van der Waals surface area contributed by atoms with Gasteiger partial charge in [-0.2, -0.15) is 4.98 Å². The molecule has 2 fully saturated rings. The molecule has 2 aliphatic heterocycles. The predicted octanol–water partition coefficient (Wildman–Crippen LogP) is 0.703. The van der Waals surface area contributed by atoms with Gasteiger partial charge in [0.2, 0.25) is 11.8 Å². The van der Waals surface area contributed by atoms with Crippen molar-refractivity contribution in [1.82, 2.24) is 14.9 Å². The highest BCUT2D eigenvalue weighted by molar-refractivity contribution is 5.81. The molecule has 0 aromatic carbocycles. The molecule has 1 amide bonds. The summed E-state index contributed by atoms with van der Waals surface area (Å²) in [6, 6.07) is 1.73. The van der Waals surface area contributed by atoms with Gasteiger partial charge in [-0.25, -0.2) is 4.98 Å². The summed E-state index contributed by atoms with van der Waals surface area (Å²) in [7, 11) is 1.59. The Bertz CT molecular complexity index is 511. The maximum absolute atomic E-state index is 12.4. The third kappa shape index (κ3) is 3.30. The number of hydrogen-bond donors (Lipinski definition) is 0. The van der Waals surface area contributed by atoms with Crippen molar-refractivity contribution in [2.75, 3.05) is 44.8 Å². The van der Waals surface area contributed by atoms with E-state index in [1.165, 1.54) is 0 Å². The van der Waals surface area contributed by atoms with Gasteiger partial charge in [0.1, 0.15) is 6.10 Å². The van der Waals surface area contributed by atoms with Crippen molar-refractivity contribution in [1.29, 1.82) is 0 Å². The molecule has 7 nitrogen and oxygen atoms in total. The molecular weight excluding hydrogens is 284 g/mol. The Morgan fingerprint density at radius 1 is 1.32 bits per heavy atom. The van der Waals surface area contributed by atoms with E-state index in [0.717, 1.165) is 32.4 Å². The number of methoxy groups -OCH3 is 1. The van der Waals surface area contributed by atoms with Crippen LogP contribution in [0.15, 0.2) is 12.3 Å². The predicted molar refractivity (Wildman–Crippen MR) is 81.0 cm³/mol. The number of rotatable bonds is 3. The molecule has 0 aliphatic carbocycles. The van der Waals surface area contributed by atoms with E-state index in [0.29, 0.717) is 31.5 Å². The number of amides is 1. The van der Waals surface area contributed by atoms with Crippen LogP contribution in [-0.4, -0.2) is 66.8 Å². The highest BCUT2D eigenvalue weighted by Crippen LogP contribution is 2.18. The minimum Gasteiger partial charge on any atom is -0.481 e.